The predicted octanol–water partition coefficient (Wildman–Crippen LogP) is 1.17. The standard InChI is InChI=1S/C10H16FNO2/c11-7-1-6-3-10(5-12,4-9(13)14)8(6)2-7/h6-8H,1-5,12H2,(H,13,14)/t6-,7-,8-,10-/m0/s1. The number of hydrogen-bond acceptors (Lipinski definition) is 2. The minimum Gasteiger partial charge on any atom is -0.481 e. The van der Waals surface area contributed by atoms with Crippen LogP contribution in [-0.2, 0) is 4.79 Å². The summed E-state index contributed by atoms with van der Waals surface area (Å²) < 4.78 is 13.1. The average Bonchev–Trinajstić information content (AvgIpc) is 2.39. The van der Waals surface area contributed by atoms with E-state index in [0.717, 1.165) is 6.42 Å². The number of fused-ring (bicyclic) bond motifs is 1. The number of carboxylic acids is 1. The summed E-state index contributed by atoms with van der Waals surface area (Å²) in [6, 6.07) is 0. The van der Waals surface area contributed by atoms with Gasteiger partial charge in [0.05, 0.1) is 6.42 Å². The molecule has 0 unspecified atom stereocenters. The second kappa shape index (κ2) is 3.19. The molecule has 0 radical (unpaired) electrons. The van der Waals surface area contributed by atoms with Crippen molar-refractivity contribution in [2.24, 2.45) is 23.0 Å². The van der Waals surface area contributed by atoms with Gasteiger partial charge in [-0.2, -0.15) is 0 Å². The zero-order chi connectivity index (χ0) is 10.3. The van der Waals surface area contributed by atoms with Crippen LogP contribution in [0.15, 0.2) is 0 Å². The highest BCUT2D eigenvalue weighted by molar-refractivity contribution is 5.68. The molecule has 80 valence electrons. The van der Waals surface area contributed by atoms with Crippen molar-refractivity contribution in [3.63, 3.8) is 0 Å². The van der Waals surface area contributed by atoms with E-state index in [1.807, 2.05) is 0 Å². The molecule has 2 fully saturated rings. The minimum atomic E-state index is -0.809. The lowest BCUT2D eigenvalue weighted by molar-refractivity contribution is -0.145. The summed E-state index contributed by atoms with van der Waals surface area (Å²) in [6.45, 7) is 0.382. The molecule has 0 bridgehead atoms. The molecule has 2 aliphatic carbocycles. The zero-order valence-electron chi connectivity index (χ0n) is 8.08. The van der Waals surface area contributed by atoms with Crippen LogP contribution in [-0.4, -0.2) is 23.8 Å². The molecular formula is C10H16FNO2. The SMILES string of the molecule is NC[C@@]1(CC(=O)O)C[C@@H]2C[C@H](F)C[C@@H]21. The number of carboxylic acid groups (broad SMARTS) is 1. The molecule has 3 N–H and O–H groups in total. The van der Waals surface area contributed by atoms with Crippen LogP contribution in [0.2, 0.25) is 0 Å². The Morgan fingerprint density at radius 3 is 2.79 bits per heavy atom. The summed E-state index contributed by atoms with van der Waals surface area (Å²) in [5.41, 5.74) is 5.34. The van der Waals surface area contributed by atoms with Gasteiger partial charge in [0, 0.05) is 0 Å². The van der Waals surface area contributed by atoms with E-state index in [1.54, 1.807) is 0 Å². The quantitative estimate of drug-likeness (QED) is 0.720. The number of halogens is 1. The third-order valence-corrected chi connectivity index (χ3v) is 4.00. The molecule has 0 heterocycles. The van der Waals surface area contributed by atoms with E-state index in [9.17, 15) is 9.18 Å². The fourth-order valence-electron chi connectivity index (χ4n) is 3.36. The molecule has 3 nitrogen and oxygen atoms in total. The first-order chi connectivity index (χ1) is 6.57. The number of rotatable bonds is 3. The Morgan fingerprint density at radius 2 is 2.29 bits per heavy atom. The van der Waals surface area contributed by atoms with Gasteiger partial charge in [-0.15, -0.1) is 0 Å². The molecule has 0 aromatic rings. The van der Waals surface area contributed by atoms with Gasteiger partial charge in [-0.1, -0.05) is 0 Å². The molecule has 0 saturated heterocycles. The minimum absolute atomic E-state index is 0.109. The van der Waals surface area contributed by atoms with Crippen molar-refractivity contribution in [3.8, 4) is 0 Å². The van der Waals surface area contributed by atoms with E-state index in [1.165, 1.54) is 0 Å². The molecule has 4 heteroatoms. The van der Waals surface area contributed by atoms with Crippen LogP contribution < -0.4 is 5.73 Å². The molecule has 0 aliphatic heterocycles. The van der Waals surface area contributed by atoms with Crippen LogP contribution in [0.4, 0.5) is 4.39 Å². The van der Waals surface area contributed by atoms with Crippen molar-refractivity contribution in [2.75, 3.05) is 6.54 Å². The number of carbonyl (C=O) groups is 1. The van der Waals surface area contributed by atoms with Crippen LogP contribution in [0, 0.1) is 17.3 Å². The molecule has 0 aromatic carbocycles. The maximum absolute atomic E-state index is 13.1. The third kappa shape index (κ3) is 1.32. The van der Waals surface area contributed by atoms with Gasteiger partial charge < -0.3 is 10.8 Å². The van der Waals surface area contributed by atoms with E-state index in [4.69, 9.17) is 10.8 Å². The fourth-order valence-corrected chi connectivity index (χ4v) is 3.36. The van der Waals surface area contributed by atoms with Crippen molar-refractivity contribution in [1.29, 1.82) is 0 Å². The summed E-state index contributed by atoms with van der Waals surface area (Å²) in [6.07, 6.45) is 1.33. The van der Waals surface area contributed by atoms with Gasteiger partial charge in [-0.3, -0.25) is 4.79 Å². The van der Waals surface area contributed by atoms with Crippen LogP contribution in [0.5, 0.6) is 0 Å². The van der Waals surface area contributed by atoms with Crippen molar-refractivity contribution in [3.05, 3.63) is 0 Å². The predicted molar refractivity (Wildman–Crippen MR) is 49.5 cm³/mol. The first kappa shape index (κ1) is 9.90. The molecule has 0 spiro atoms. The molecule has 4 atom stereocenters. The summed E-state index contributed by atoms with van der Waals surface area (Å²) >= 11 is 0. The summed E-state index contributed by atoms with van der Waals surface area (Å²) in [5, 5.41) is 8.78. The number of aliphatic carboxylic acids is 1. The van der Waals surface area contributed by atoms with Gasteiger partial charge in [-0.05, 0) is 43.1 Å². The molecule has 14 heavy (non-hydrogen) atoms. The van der Waals surface area contributed by atoms with Gasteiger partial charge in [-0.25, -0.2) is 4.39 Å². The highest BCUT2D eigenvalue weighted by Crippen LogP contribution is 2.60. The molecule has 0 amide bonds. The van der Waals surface area contributed by atoms with E-state index in [-0.39, 0.29) is 17.8 Å². The molecule has 2 rings (SSSR count). The van der Waals surface area contributed by atoms with E-state index in [2.05, 4.69) is 0 Å². The van der Waals surface area contributed by atoms with Gasteiger partial charge in [0.2, 0.25) is 0 Å². The number of hydrogen-bond donors (Lipinski definition) is 2. The molecule has 2 aliphatic rings. The molecule has 0 aromatic heterocycles. The third-order valence-electron chi connectivity index (χ3n) is 4.00. The average molecular weight is 201 g/mol. The topological polar surface area (TPSA) is 63.3 Å². The first-order valence-corrected chi connectivity index (χ1v) is 5.13. The second-order valence-electron chi connectivity index (χ2n) is 4.78. The Balaban J connectivity index is 2.06. The first-order valence-electron chi connectivity index (χ1n) is 5.13. The maximum Gasteiger partial charge on any atom is 0.303 e. The van der Waals surface area contributed by atoms with Gasteiger partial charge in [0.25, 0.3) is 0 Å². The zero-order valence-corrected chi connectivity index (χ0v) is 8.08. The second-order valence-corrected chi connectivity index (χ2v) is 4.78. The normalized spacial score (nSPS) is 45.7. The lowest BCUT2D eigenvalue weighted by Crippen LogP contribution is -2.51. The summed E-state index contributed by atoms with van der Waals surface area (Å²) in [7, 11) is 0. The van der Waals surface area contributed by atoms with Crippen molar-refractivity contribution >= 4 is 5.97 Å². The van der Waals surface area contributed by atoms with Crippen molar-refractivity contribution in [1.82, 2.24) is 0 Å². The smallest absolute Gasteiger partial charge is 0.303 e. The van der Waals surface area contributed by atoms with Crippen LogP contribution in [0.25, 0.3) is 0 Å². The highest BCUT2D eigenvalue weighted by atomic mass is 19.1. The van der Waals surface area contributed by atoms with Crippen molar-refractivity contribution in [2.45, 2.75) is 31.9 Å². The Morgan fingerprint density at radius 1 is 1.57 bits per heavy atom. The summed E-state index contributed by atoms with van der Waals surface area (Å²) in [5.74, 6) is -0.192. The lowest BCUT2D eigenvalue weighted by Gasteiger charge is -2.51. The number of nitrogens with two attached hydrogens (primary N) is 1. The number of alkyl halides is 1. The summed E-state index contributed by atoms with van der Waals surface area (Å²) in [4.78, 5) is 10.7. The van der Waals surface area contributed by atoms with E-state index >= 15 is 0 Å². The Labute approximate surface area is 82.5 Å². The van der Waals surface area contributed by atoms with Gasteiger partial charge >= 0.3 is 5.97 Å². The van der Waals surface area contributed by atoms with E-state index in [0.29, 0.717) is 25.3 Å². The van der Waals surface area contributed by atoms with Crippen LogP contribution >= 0.6 is 0 Å². The molecule has 2 saturated carbocycles. The lowest BCUT2D eigenvalue weighted by atomic mass is 9.53. The van der Waals surface area contributed by atoms with Gasteiger partial charge in [0.1, 0.15) is 6.17 Å². The highest BCUT2D eigenvalue weighted by Gasteiger charge is 2.57. The fraction of sp³-hybridized carbons (Fsp3) is 0.900. The van der Waals surface area contributed by atoms with Crippen LogP contribution in [0.3, 0.4) is 0 Å². The Bertz CT molecular complexity index is 259. The van der Waals surface area contributed by atoms with Crippen LogP contribution in [0.1, 0.15) is 25.7 Å². The Kier molecular flexibility index (Phi) is 2.26. The maximum atomic E-state index is 13.1. The largest absolute Gasteiger partial charge is 0.481 e. The van der Waals surface area contributed by atoms with Crippen molar-refractivity contribution < 1.29 is 14.3 Å². The monoisotopic (exact) mass is 201 g/mol. The van der Waals surface area contributed by atoms with E-state index < -0.39 is 12.1 Å². The molecular weight excluding hydrogens is 185 g/mol. The van der Waals surface area contributed by atoms with Gasteiger partial charge in [0.15, 0.2) is 0 Å². The Hall–Kier alpha value is -0.640.